The fraction of sp³-hybridized carbons (Fsp3) is 0.0847. The van der Waals surface area contributed by atoms with Crippen molar-refractivity contribution in [2.75, 3.05) is 0 Å². The first-order valence-corrected chi connectivity index (χ1v) is 25.0. The fourth-order valence-corrected chi connectivity index (χ4v) is 12.1. The molecule has 328 valence electrons. The highest BCUT2D eigenvalue weighted by Gasteiger charge is 2.38. The smallest absolute Gasteiger partial charge is 0.328 e. The van der Waals surface area contributed by atoms with Gasteiger partial charge in [-0.05, 0) is 42.2 Å². The molecule has 4 heterocycles. The Hall–Kier alpha value is -8.01. The number of aryl methyl sites for hydroxylation is 1. The van der Waals surface area contributed by atoms with Crippen molar-refractivity contribution in [1.29, 1.82) is 10.5 Å². The summed E-state index contributed by atoms with van der Waals surface area (Å²) in [5.74, 6) is -0.113. The third-order valence-corrected chi connectivity index (χ3v) is 15.2. The van der Waals surface area contributed by atoms with Crippen LogP contribution in [0.4, 0.5) is 0 Å². The van der Waals surface area contributed by atoms with Gasteiger partial charge in [-0.25, -0.2) is 9.97 Å². The lowest BCUT2D eigenvalue weighted by atomic mass is 9.50. The number of nitriles is 2. The summed E-state index contributed by atoms with van der Waals surface area (Å²) >= 11 is 3.07. The minimum Gasteiger partial charge on any atom is -0.378 e. The molecular weight excluding hydrogens is 878 g/mol. The van der Waals surface area contributed by atoms with Crippen LogP contribution in [0.5, 0.6) is 0 Å². The molecule has 0 spiro atoms. The summed E-state index contributed by atoms with van der Waals surface area (Å²) in [4.78, 5) is 10.5. The standard InChI is InChI=1S/C59H44B2N6S2/c1-4-40-23-17-18-32-45(40)55-53-52(56(46(37-62)58-64-48-33-19-21-35-50(48)68-58)67(55)61(43-28-13-7-14-29-43)44-30-15-8-16-31-44)54(39(2)3)66(60(41-24-9-5-10-25-41)42-26-11-6-12-27-42)57(53)47(38-63)59-65-49-34-20-22-36-51(49)69-59/h5-36,39H,4H2,1-3H3/b56-46-,57-47-. The molecule has 4 aromatic heterocycles. The average molecular weight is 923 g/mol. The monoisotopic (exact) mass is 922 g/mol. The molecule has 0 aliphatic carbocycles. The Bertz CT molecular complexity index is 3660. The Morgan fingerprint density at radius 3 is 1.32 bits per heavy atom. The second-order valence-electron chi connectivity index (χ2n) is 17.5. The zero-order chi connectivity index (χ0) is 47.0. The number of nitrogens with zero attached hydrogens (tertiary/aromatic N) is 6. The summed E-state index contributed by atoms with van der Waals surface area (Å²) in [5, 5.41) is 28.7. The average Bonchev–Trinajstić information content (AvgIpc) is 4.18. The van der Waals surface area contributed by atoms with Gasteiger partial charge in [0.25, 0.3) is 0 Å². The predicted molar refractivity (Wildman–Crippen MR) is 290 cm³/mol. The lowest BCUT2D eigenvalue weighted by molar-refractivity contribution is 0.810. The van der Waals surface area contributed by atoms with Gasteiger partial charge in [-0.15, -0.1) is 22.7 Å². The Morgan fingerprint density at radius 1 is 0.507 bits per heavy atom. The van der Waals surface area contributed by atoms with Gasteiger partial charge in [-0.2, -0.15) is 10.5 Å². The highest BCUT2D eigenvalue weighted by Crippen LogP contribution is 2.37. The molecule has 7 aromatic carbocycles. The first kappa shape index (κ1) is 43.6. The van der Waals surface area contributed by atoms with E-state index < -0.39 is 6.85 Å². The van der Waals surface area contributed by atoms with E-state index in [-0.39, 0.29) is 12.8 Å². The number of aromatic nitrogens is 4. The maximum Gasteiger partial charge on any atom is 0.328 e. The van der Waals surface area contributed by atoms with Crippen LogP contribution >= 0.6 is 22.7 Å². The van der Waals surface area contributed by atoms with Crippen molar-refractivity contribution in [2.24, 2.45) is 0 Å². The third kappa shape index (κ3) is 7.59. The van der Waals surface area contributed by atoms with Crippen molar-refractivity contribution in [3.63, 3.8) is 0 Å². The van der Waals surface area contributed by atoms with Gasteiger partial charge in [0.2, 0.25) is 0 Å². The maximum absolute atomic E-state index is 12.0. The third-order valence-electron chi connectivity index (χ3n) is 13.1. The number of para-hydroxylation sites is 2. The highest BCUT2D eigenvalue weighted by atomic mass is 32.1. The quantitative estimate of drug-likeness (QED) is 0.121. The molecule has 0 radical (unpaired) electrons. The van der Waals surface area contributed by atoms with E-state index in [2.05, 4.69) is 200 Å². The molecule has 11 aromatic rings. The van der Waals surface area contributed by atoms with Crippen LogP contribution in [-0.4, -0.2) is 32.6 Å². The van der Waals surface area contributed by atoms with E-state index >= 15 is 0 Å². The Morgan fingerprint density at radius 2 is 0.899 bits per heavy atom. The molecule has 0 saturated carbocycles. The number of rotatable bonds is 11. The van der Waals surface area contributed by atoms with Crippen molar-refractivity contribution >= 4 is 101 Å². The van der Waals surface area contributed by atoms with Gasteiger partial charge < -0.3 is 8.96 Å². The fourth-order valence-electron chi connectivity index (χ4n) is 10.2. The molecule has 69 heavy (non-hydrogen) atoms. The SMILES string of the molecule is CCc1ccccc1-c1c2/c(=C(\C#N)c3nc4ccccc4s3)n(B(c3ccccc3)c3ccccc3)c(C(C)C)c2/c(=C(\C#N)c2nc3ccccc3s2)n1B(c1ccccc1)c1ccccc1. The van der Waals surface area contributed by atoms with Crippen LogP contribution in [0, 0.1) is 22.7 Å². The first-order chi connectivity index (χ1) is 34.0. The van der Waals surface area contributed by atoms with Gasteiger partial charge in [-0.1, -0.05) is 212 Å². The normalized spacial score (nSPS) is 12.3. The van der Waals surface area contributed by atoms with Crippen LogP contribution < -0.4 is 32.5 Å². The molecule has 11 rings (SSSR count). The predicted octanol–water partition coefficient (Wildman–Crippen LogP) is 9.77. The molecule has 0 atom stereocenters. The van der Waals surface area contributed by atoms with Gasteiger partial charge in [0.1, 0.15) is 33.3 Å². The molecule has 0 unspecified atom stereocenters. The minimum atomic E-state index is -0.416. The molecule has 6 nitrogen and oxygen atoms in total. The van der Waals surface area contributed by atoms with Crippen LogP contribution in [0.1, 0.15) is 48.0 Å². The van der Waals surface area contributed by atoms with Crippen LogP contribution in [0.25, 0.3) is 53.6 Å². The number of hydrogen-bond donors (Lipinski definition) is 0. The van der Waals surface area contributed by atoms with E-state index in [0.29, 0.717) is 21.2 Å². The molecule has 0 aliphatic heterocycles. The van der Waals surface area contributed by atoms with Gasteiger partial charge in [-0.3, -0.25) is 0 Å². The second-order valence-corrected chi connectivity index (χ2v) is 19.5. The van der Waals surface area contributed by atoms with E-state index in [1.807, 2.05) is 36.4 Å². The van der Waals surface area contributed by atoms with Gasteiger partial charge in [0.05, 0.1) is 31.1 Å². The topological polar surface area (TPSA) is 83.2 Å². The molecule has 0 saturated heterocycles. The summed E-state index contributed by atoms with van der Waals surface area (Å²) in [6.45, 7) is 5.88. The summed E-state index contributed by atoms with van der Waals surface area (Å²) in [7, 11) is 0. The molecule has 0 fully saturated rings. The number of fused-ring (bicyclic) bond motifs is 3. The number of hydrogen-bond acceptors (Lipinski definition) is 6. The van der Waals surface area contributed by atoms with E-state index in [0.717, 1.165) is 92.7 Å². The van der Waals surface area contributed by atoms with Crippen molar-refractivity contribution in [2.45, 2.75) is 33.1 Å². The lowest BCUT2D eigenvalue weighted by Gasteiger charge is -2.25. The largest absolute Gasteiger partial charge is 0.378 e. The van der Waals surface area contributed by atoms with E-state index in [1.165, 1.54) is 22.7 Å². The van der Waals surface area contributed by atoms with Crippen molar-refractivity contribution < 1.29 is 0 Å². The summed E-state index contributed by atoms with van der Waals surface area (Å²) in [6.07, 6.45) is 0.753. The van der Waals surface area contributed by atoms with Crippen LogP contribution in [0.3, 0.4) is 0 Å². The molecule has 0 aliphatic rings. The van der Waals surface area contributed by atoms with Gasteiger partial charge in [0, 0.05) is 27.7 Å². The second kappa shape index (κ2) is 18.6. The lowest BCUT2D eigenvalue weighted by Crippen LogP contribution is -2.54. The maximum atomic E-state index is 12.0. The van der Waals surface area contributed by atoms with E-state index in [1.54, 1.807) is 0 Å². The molecule has 0 amide bonds. The summed E-state index contributed by atoms with van der Waals surface area (Å²) in [5.41, 5.74) is 11.0. The molecular formula is C59H44B2N6S2. The van der Waals surface area contributed by atoms with Crippen molar-refractivity contribution in [1.82, 2.24) is 18.9 Å². The Labute approximate surface area is 410 Å². The minimum absolute atomic E-state index is 0.113. The van der Waals surface area contributed by atoms with Crippen LogP contribution in [-0.2, 0) is 6.42 Å². The van der Waals surface area contributed by atoms with Crippen LogP contribution in [0.15, 0.2) is 194 Å². The van der Waals surface area contributed by atoms with Crippen molar-refractivity contribution in [3.05, 3.63) is 226 Å². The van der Waals surface area contributed by atoms with Gasteiger partial charge in [0.15, 0.2) is 0 Å². The summed E-state index contributed by atoms with van der Waals surface area (Å²) < 4.78 is 6.87. The zero-order valence-electron chi connectivity index (χ0n) is 38.4. The zero-order valence-corrected chi connectivity index (χ0v) is 40.0. The van der Waals surface area contributed by atoms with E-state index in [4.69, 9.17) is 9.97 Å². The summed E-state index contributed by atoms with van der Waals surface area (Å²) in [6, 6.07) is 72.9. The van der Waals surface area contributed by atoms with Crippen LogP contribution in [0.2, 0.25) is 0 Å². The molecule has 10 heteroatoms. The molecule has 0 N–H and O–H groups in total. The first-order valence-electron chi connectivity index (χ1n) is 23.4. The highest BCUT2D eigenvalue weighted by molar-refractivity contribution is 7.20. The van der Waals surface area contributed by atoms with E-state index in [9.17, 15) is 10.5 Å². The van der Waals surface area contributed by atoms with Crippen molar-refractivity contribution in [3.8, 4) is 23.4 Å². The molecule has 0 bridgehead atoms. The number of thiazole rings is 2. The Balaban J connectivity index is 1.51. The Kier molecular flexibility index (Phi) is 11.7. The number of benzene rings is 7. The van der Waals surface area contributed by atoms with Gasteiger partial charge >= 0.3 is 13.7 Å².